The molecular weight excluding hydrogens is 247 g/mol. The third-order valence-corrected chi connectivity index (χ3v) is 2.40. The van der Waals surface area contributed by atoms with Gasteiger partial charge in [0, 0.05) is 16.2 Å². The van der Waals surface area contributed by atoms with Crippen molar-refractivity contribution >= 4 is 34.6 Å². The first-order chi connectivity index (χ1) is 7.21. The Morgan fingerprint density at radius 2 is 1.94 bits per heavy atom. The summed E-state index contributed by atoms with van der Waals surface area (Å²) in [7, 11) is 0. The first-order valence-electron chi connectivity index (χ1n) is 4.77. The van der Waals surface area contributed by atoms with Crippen LogP contribution in [-0.4, -0.2) is 10.7 Å². The van der Waals surface area contributed by atoms with E-state index in [4.69, 9.17) is 29.6 Å². The molecule has 0 unspecified atom stereocenters. The van der Waals surface area contributed by atoms with Gasteiger partial charge < -0.3 is 10.6 Å². The lowest BCUT2D eigenvalue weighted by atomic mass is 10.1. The molecule has 0 heterocycles. The van der Waals surface area contributed by atoms with E-state index >= 15 is 0 Å². The topological polar surface area (TPSA) is 29.3 Å². The molecule has 1 rings (SSSR count). The van der Waals surface area contributed by atoms with Gasteiger partial charge in [0.15, 0.2) is 5.11 Å². The largest absolute Gasteiger partial charge is 0.376 e. The van der Waals surface area contributed by atoms with Gasteiger partial charge in [-0.25, -0.2) is 4.39 Å². The van der Waals surface area contributed by atoms with Gasteiger partial charge in [-0.1, -0.05) is 11.6 Å². The van der Waals surface area contributed by atoms with E-state index in [0.29, 0.717) is 10.7 Å². The molecule has 16 heavy (non-hydrogen) atoms. The van der Waals surface area contributed by atoms with Crippen molar-refractivity contribution in [2.45, 2.75) is 26.3 Å². The lowest BCUT2D eigenvalue weighted by molar-refractivity contribution is 0.569. The molecule has 0 bridgehead atoms. The molecule has 0 aliphatic heterocycles. The van der Waals surface area contributed by atoms with Crippen LogP contribution in [0.4, 0.5) is 10.1 Å². The molecule has 1 aromatic carbocycles. The van der Waals surface area contributed by atoms with E-state index in [0.717, 1.165) is 0 Å². The summed E-state index contributed by atoms with van der Waals surface area (Å²) in [6, 6.07) is 4.23. The maximum atomic E-state index is 13.2. The second kappa shape index (κ2) is 4.55. The Balaban J connectivity index is 3.27. The lowest BCUT2D eigenvalue weighted by Crippen LogP contribution is -2.48. The highest BCUT2D eigenvalue weighted by atomic mass is 35.5. The van der Waals surface area contributed by atoms with Gasteiger partial charge in [0.05, 0.1) is 0 Å². The third kappa shape index (κ3) is 3.06. The highest BCUT2D eigenvalue weighted by Gasteiger charge is 2.24. The zero-order chi connectivity index (χ0) is 12.5. The number of hydrogen-bond donors (Lipinski definition) is 1. The predicted molar refractivity (Wildman–Crippen MR) is 70.4 cm³/mol. The van der Waals surface area contributed by atoms with Crippen LogP contribution in [-0.2, 0) is 0 Å². The van der Waals surface area contributed by atoms with Crippen LogP contribution in [0.1, 0.15) is 20.8 Å². The van der Waals surface area contributed by atoms with Crippen molar-refractivity contribution in [3.63, 3.8) is 0 Å². The van der Waals surface area contributed by atoms with Crippen molar-refractivity contribution in [2.75, 3.05) is 4.90 Å². The van der Waals surface area contributed by atoms with Crippen molar-refractivity contribution in [2.24, 2.45) is 5.73 Å². The van der Waals surface area contributed by atoms with Crippen LogP contribution >= 0.6 is 23.8 Å². The van der Waals surface area contributed by atoms with E-state index in [9.17, 15) is 4.39 Å². The van der Waals surface area contributed by atoms with Gasteiger partial charge in [0.25, 0.3) is 0 Å². The lowest BCUT2D eigenvalue weighted by Gasteiger charge is -2.36. The number of hydrogen-bond acceptors (Lipinski definition) is 1. The molecule has 0 aliphatic rings. The van der Waals surface area contributed by atoms with Crippen LogP contribution in [0.2, 0.25) is 5.02 Å². The maximum absolute atomic E-state index is 13.2. The predicted octanol–water partition coefficient (Wildman–Crippen LogP) is 3.33. The van der Waals surface area contributed by atoms with E-state index in [1.807, 2.05) is 20.8 Å². The molecule has 2 nitrogen and oxygen atoms in total. The SMILES string of the molecule is CC(C)(C)N(C(N)=S)c1cc(F)cc(Cl)c1. The summed E-state index contributed by atoms with van der Waals surface area (Å²) < 4.78 is 13.2. The average molecular weight is 261 g/mol. The molecule has 0 aliphatic carbocycles. The van der Waals surface area contributed by atoms with Crippen LogP contribution in [0.5, 0.6) is 0 Å². The minimum atomic E-state index is -0.409. The Morgan fingerprint density at radius 1 is 1.38 bits per heavy atom. The Hall–Kier alpha value is -0.870. The van der Waals surface area contributed by atoms with Gasteiger partial charge in [-0.05, 0) is 51.2 Å². The smallest absolute Gasteiger partial charge is 0.171 e. The molecule has 0 radical (unpaired) electrons. The fraction of sp³-hybridized carbons (Fsp3) is 0.364. The van der Waals surface area contributed by atoms with E-state index < -0.39 is 5.82 Å². The Labute approximate surface area is 105 Å². The fourth-order valence-corrected chi connectivity index (χ4v) is 2.11. The van der Waals surface area contributed by atoms with Crippen LogP contribution < -0.4 is 10.6 Å². The average Bonchev–Trinajstić information content (AvgIpc) is 1.96. The number of benzene rings is 1. The summed E-state index contributed by atoms with van der Waals surface area (Å²) in [6.45, 7) is 5.81. The number of thiocarbonyl (C=S) groups is 1. The molecule has 0 saturated carbocycles. The first-order valence-corrected chi connectivity index (χ1v) is 5.56. The second-order valence-electron chi connectivity index (χ2n) is 4.47. The second-order valence-corrected chi connectivity index (χ2v) is 5.33. The Kier molecular flexibility index (Phi) is 3.76. The number of nitrogens with zero attached hydrogens (tertiary/aromatic N) is 1. The minimum absolute atomic E-state index is 0.189. The molecule has 0 atom stereocenters. The van der Waals surface area contributed by atoms with Crippen LogP contribution in [0, 0.1) is 5.82 Å². The monoisotopic (exact) mass is 260 g/mol. The fourth-order valence-electron chi connectivity index (χ4n) is 1.51. The van der Waals surface area contributed by atoms with Crippen molar-refractivity contribution in [3.8, 4) is 0 Å². The summed E-state index contributed by atoms with van der Waals surface area (Å²) in [5.74, 6) is -0.409. The molecule has 2 N–H and O–H groups in total. The number of halogens is 2. The van der Waals surface area contributed by atoms with Crippen LogP contribution in [0.3, 0.4) is 0 Å². The number of nitrogens with two attached hydrogens (primary N) is 1. The summed E-state index contributed by atoms with van der Waals surface area (Å²) in [5, 5.41) is 0.509. The molecule has 0 spiro atoms. The zero-order valence-corrected chi connectivity index (χ0v) is 11.0. The first kappa shape index (κ1) is 13.2. The minimum Gasteiger partial charge on any atom is -0.376 e. The van der Waals surface area contributed by atoms with Crippen molar-refractivity contribution < 1.29 is 4.39 Å². The van der Waals surface area contributed by atoms with E-state index in [1.165, 1.54) is 12.1 Å². The van der Waals surface area contributed by atoms with E-state index in [2.05, 4.69) is 0 Å². The zero-order valence-electron chi connectivity index (χ0n) is 9.42. The third-order valence-electron chi connectivity index (χ3n) is 2.00. The summed E-state index contributed by atoms with van der Waals surface area (Å²) in [6.07, 6.45) is 0. The van der Waals surface area contributed by atoms with Gasteiger partial charge in [-0.2, -0.15) is 0 Å². The molecule has 0 aromatic heterocycles. The van der Waals surface area contributed by atoms with Crippen molar-refractivity contribution in [3.05, 3.63) is 29.0 Å². The molecule has 1 aromatic rings. The van der Waals surface area contributed by atoms with E-state index in [1.54, 1.807) is 11.0 Å². The van der Waals surface area contributed by atoms with Gasteiger partial charge in [-0.15, -0.1) is 0 Å². The van der Waals surface area contributed by atoms with Gasteiger partial charge >= 0.3 is 0 Å². The Bertz CT molecular complexity index is 395. The molecule has 0 fully saturated rings. The van der Waals surface area contributed by atoms with Crippen LogP contribution in [0.15, 0.2) is 18.2 Å². The van der Waals surface area contributed by atoms with Crippen molar-refractivity contribution in [1.29, 1.82) is 0 Å². The summed E-state index contributed by atoms with van der Waals surface area (Å²) in [5.41, 5.74) is 5.88. The van der Waals surface area contributed by atoms with Gasteiger partial charge in [0.1, 0.15) is 5.82 Å². The normalized spacial score (nSPS) is 11.3. The van der Waals surface area contributed by atoms with Crippen LogP contribution in [0.25, 0.3) is 0 Å². The molecule has 5 heteroatoms. The standard InChI is InChI=1S/C11H14ClFN2S/c1-11(2,3)15(10(14)16)9-5-7(12)4-8(13)6-9/h4-6H,1-3H3,(H2,14,16). The highest BCUT2D eigenvalue weighted by molar-refractivity contribution is 7.80. The summed E-state index contributed by atoms with van der Waals surface area (Å²) in [4.78, 5) is 1.66. The molecule has 0 amide bonds. The van der Waals surface area contributed by atoms with E-state index in [-0.39, 0.29) is 10.7 Å². The van der Waals surface area contributed by atoms with Gasteiger partial charge in [-0.3, -0.25) is 0 Å². The number of rotatable bonds is 1. The molecular formula is C11H14ClFN2S. The highest BCUT2D eigenvalue weighted by Crippen LogP contribution is 2.27. The summed E-state index contributed by atoms with van der Waals surface area (Å²) >= 11 is 10.8. The molecule has 88 valence electrons. The molecule has 0 saturated heterocycles. The Morgan fingerprint density at radius 3 is 2.31 bits per heavy atom. The quantitative estimate of drug-likeness (QED) is 0.786. The number of anilines is 1. The van der Waals surface area contributed by atoms with Gasteiger partial charge in [0.2, 0.25) is 0 Å². The van der Waals surface area contributed by atoms with Crippen molar-refractivity contribution in [1.82, 2.24) is 0 Å². The maximum Gasteiger partial charge on any atom is 0.171 e.